The minimum absolute atomic E-state index is 0.0351. The molecule has 0 aliphatic rings. The zero-order valence-corrected chi connectivity index (χ0v) is 52.3. The van der Waals surface area contributed by atoms with Crippen molar-refractivity contribution < 1.29 is 47.1 Å². The number of hydrogen-bond donors (Lipinski definition) is 3. The number of carbonyl (C=O) groups excluding carboxylic acids is 3. The number of nitrogens with one attached hydrogen (secondary N) is 2. The molecule has 0 spiro atoms. The molecule has 0 bridgehead atoms. The summed E-state index contributed by atoms with van der Waals surface area (Å²) in [6.45, 7) is 6.76. The van der Waals surface area contributed by atoms with E-state index >= 15 is 0 Å². The number of amides is 1. The Labute approximate surface area is 497 Å². The van der Waals surface area contributed by atoms with Crippen molar-refractivity contribution in [3.63, 3.8) is 0 Å². The molecule has 0 aliphatic carbocycles. The molecular weight excluding hydrogens is 1050 g/mol. The number of esters is 2. The molecular formula is C69H111N2O10P. The van der Waals surface area contributed by atoms with Gasteiger partial charge in [-0.05, 0) is 78.6 Å². The Bertz CT molecular complexity index is 2120. The molecule has 3 aromatic carbocycles. The number of allylic oxidation sites excluding steroid dienone is 1. The number of unbranched alkanes of at least 4 members (excludes halogenated alkanes) is 28. The first-order valence-electron chi connectivity index (χ1n) is 32.7. The molecule has 0 aromatic heterocycles. The SMILES string of the molecule is CCCCCCCCCCCCCCCCCC(=O)OCC(COP(=O)(O)OCCNC(=O)CNCCCC(=C(c1ccccc1)c1ccc(OCCC)cc1)c1ccccc1)OC(=O)CCCCCCCCCCCCCCCCC. The maximum absolute atomic E-state index is 13.0. The molecule has 0 aliphatic heterocycles. The minimum atomic E-state index is -4.63. The van der Waals surface area contributed by atoms with Gasteiger partial charge in [0.1, 0.15) is 12.4 Å². The Kier molecular flexibility index (Phi) is 43.0. The van der Waals surface area contributed by atoms with Crippen LogP contribution in [0.2, 0.25) is 0 Å². The van der Waals surface area contributed by atoms with Gasteiger partial charge in [-0.1, -0.05) is 273 Å². The van der Waals surface area contributed by atoms with Gasteiger partial charge in [-0.3, -0.25) is 23.4 Å². The van der Waals surface area contributed by atoms with Crippen LogP contribution in [0.15, 0.2) is 84.9 Å². The third-order valence-corrected chi connectivity index (χ3v) is 16.0. The maximum atomic E-state index is 13.0. The number of hydrogen-bond acceptors (Lipinski definition) is 10. The van der Waals surface area contributed by atoms with Crippen molar-refractivity contribution in [2.24, 2.45) is 0 Å². The Morgan fingerprint density at radius 3 is 1.40 bits per heavy atom. The van der Waals surface area contributed by atoms with Crippen molar-refractivity contribution in [1.82, 2.24) is 10.6 Å². The Morgan fingerprint density at radius 2 is 0.915 bits per heavy atom. The van der Waals surface area contributed by atoms with Crippen molar-refractivity contribution >= 4 is 36.8 Å². The molecule has 2 unspecified atom stereocenters. The molecule has 0 fully saturated rings. The van der Waals surface area contributed by atoms with Crippen molar-refractivity contribution in [3.05, 3.63) is 102 Å². The van der Waals surface area contributed by atoms with Crippen molar-refractivity contribution in [3.8, 4) is 5.75 Å². The van der Waals surface area contributed by atoms with Gasteiger partial charge in [0.15, 0.2) is 6.10 Å². The lowest BCUT2D eigenvalue weighted by atomic mass is 9.87. The van der Waals surface area contributed by atoms with Crippen molar-refractivity contribution in [1.29, 1.82) is 0 Å². The number of carbonyl (C=O) groups is 3. The third-order valence-electron chi connectivity index (χ3n) is 15.0. The summed E-state index contributed by atoms with van der Waals surface area (Å²) in [5, 5.41) is 5.96. The average molecular weight is 1160 g/mol. The van der Waals surface area contributed by atoms with Gasteiger partial charge < -0.3 is 29.7 Å². The first kappa shape index (κ1) is 71.9. The van der Waals surface area contributed by atoms with E-state index in [9.17, 15) is 23.8 Å². The van der Waals surface area contributed by atoms with Crippen LogP contribution in [0, 0.1) is 0 Å². The molecule has 0 saturated heterocycles. The van der Waals surface area contributed by atoms with E-state index in [0.29, 0.717) is 26.0 Å². The second kappa shape index (κ2) is 49.0. The zero-order chi connectivity index (χ0) is 58.8. The molecule has 462 valence electrons. The number of ether oxygens (including phenoxy) is 3. The molecule has 0 radical (unpaired) electrons. The first-order valence-corrected chi connectivity index (χ1v) is 34.2. The van der Waals surface area contributed by atoms with Crippen LogP contribution in [0.3, 0.4) is 0 Å². The van der Waals surface area contributed by atoms with E-state index in [2.05, 4.69) is 79.9 Å². The number of phosphoric acid groups is 1. The van der Waals surface area contributed by atoms with E-state index in [4.69, 9.17) is 23.3 Å². The van der Waals surface area contributed by atoms with Gasteiger partial charge in [0.2, 0.25) is 5.91 Å². The van der Waals surface area contributed by atoms with Crippen LogP contribution >= 0.6 is 7.82 Å². The summed E-state index contributed by atoms with van der Waals surface area (Å²) in [5.74, 6) is -0.338. The fourth-order valence-electron chi connectivity index (χ4n) is 10.2. The highest BCUT2D eigenvalue weighted by molar-refractivity contribution is 7.47. The summed E-state index contributed by atoms with van der Waals surface area (Å²) in [5.41, 5.74) is 5.66. The van der Waals surface area contributed by atoms with Gasteiger partial charge in [0.25, 0.3) is 0 Å². The van der Waals surface area contributed by atoms with Gasteiger partial charge >= 0.3 is 19.8 Å². The van der Waals surface area contributed by atoms with Crippen LogP contribution in [0.5, 0.6) is 5.75 Å². The summed E-state index contributed by atoms with van der Waals surface area (Å²) in [6.07, 6.45) is 38.5. The normalized spacial score (nSPS) is 12.8. The molecule has 82 heavy (non-hydrogen) atoms. The summed E-state index contributed by atoms with van der Waals surface area (Å²) in [4.78, 5) is 49.2. The second-order valence-corrected chi connectivity index (χ2v) is 23.8. The molecule has 3 N–H and O–H groups in total. The number of rotatable bonds is 54. The van der Waals surface area contributed by atoms with Crippen LogP contribution in [-0.4, -0.2) is 74.9 Å². The van der Waals surface area contributed by atoms with Crippen LogP contribution in [-0.2, 0) is 37.5 Å². The highest BCUT2D eigenvalue weighted by atomic mass is 31.2. The van der Waals surface area contributed by atoms with E-state index in [0.717, 1.165) is 85.8 Å². The largest absolute Gasteiger partial charge is 0.494 e. The molecule has 0 heterocycles. The van der Waals surface area contributed by atoms with Gasteiger partial charge in [-0.2, -0.15) is 0 Å². The molecule has 13 heteroatoms. The molecule has 0 saturated carbocycles. The predicted octanol–water partition coefficient (Wildman–Crippen LogP) is 18.0. The zero-order valence-electron chi connectivity index (χ0n) is 51.4. The van der Waals surface area contributed by atoms with E-state index in [1.54, 1.807) is 0 Å². The highest BCUT2D eigenvalue weighted by Crippen LogP contribution is 2.43. The average Bonchev–Trinajstić information content (AvgIpc) is 3.64. The van der Waals surface area contributed by atoms with E-state index < -0.39 is 32.5 Å². The summed E-state index contributed by atoms with van der Waals surface area (Å²) < 4.78 is 40.5. The van der Waals surface area contributed by atoms with E-state index in [-0.39, 0.29) is 45.1 Å². The molecule has 2 atom stereocenters. The quantitative estimate of drug-likeness (QED) is 0.0214. The molecule has 3 rings (SSSR count). The predicted molar refractivity (Wildman–Crippen MR) is 338 cm³/mol. The first-order chi connectivity index (χ1) is 40.2. The summed E-state index contributed by atoms with van der Waals surface area (Å²) >= 11 is 0. The van der Waals surface area contributed by atoms with Crippen molar-refractivity contribution in [2.75, 3.05) is 46.1 Å². The van der Waals surface area contributed by atoms with Crippen LogP contribution < -0.4 is 15.4 Å². The maximum Gasteiger partial charge on any atom is 0.472 e. The van der Waals surface area contributed by atoms with E-state index in [1.807, 2.05) is 36.4 Å². The van der Waals surface area contributed by atoms with Gasteiger partial charge in [-0.15, -0.1) is 0 Å². The Morgan fingerprint density at radius 1 is 0.463 bits per heavy atom. The standard InChI is InChI=1S/C69H111N2O10P/c1-4-7-9-11-13-15-17-19-21-23-25-27-29-31-39-47-67(73)78-58-64(81-68(74)48-40-32-30-28-26-24-22-20-18-16-14-12-10-8-5-2)59-80-82(75,76)79-56-54-71-66(72)57-70-53-41-46-65(60-42-35-33-36-43-60)69(61-44-37-34-38-45-61)62-49-51-63(52-50-62)77-55-6-3/h33-38,42-45,49-52,64,70H,4-32,39-41,46-48,53-59H2,1-3H3,(H,71,72)(H,75,76). The molecule has 12 nitrogen and oxygen atoms in total. The third kappa shape index (κ3) is 37.1. The van der Waals surface area contributed by atoms with Gasteiger partial charge in [-0.25, -0.2) is 4.57 Å². The van der Waals surface area contributed by atoms with E-state index in [1.165, 1.54) is 147 Å². The van der Waals surface area contributed by atoms with Crippen LogP contribution in [0.1, 0.15) is 262 Å². The monoisotopic (exact) mass is 1160 g/mol. The van der Waals surface area contributed by atoms with Gasteiger partial charge in [0, 0.05) is 19.4 Å². The molecule has 3 aromatic rings. The smallest absolute Gasteiger partial charge is 0.472 e. The fraction of sp³-hybridized carbons (Fsp3) is 0.667. The fourth-order valence-corrected chi connectivity index (χ4v) is 11.0. The lowest BCUT2D eigenvalue weighted by molar-refractivity contribution is -0.161. The minimum Gasteiger partial charge on any atom is -0.494 e. The molecule has 1 amide bonds. The Hall–Kier alpha value is -4.32. The summed E-state index contributed by atoms with van der Waals surface area (Å²) in [7, 11) is -4.63. The number of phosphoric ester groups is 1. The van der Waals surface area contributed by atoms with Crippen LogP contribution in [0.25, 0.3) is 11.1 Å². The van der Waals surface area contributed by atoms with Crippen LogP contribution in [0.4, 0.5) is 0 Å². The summed E-state index contributed by atoms with van der Waals surface area (Å²) in [6, 6.07) is 29.0. The Balaban J connectivity index is 1.40. The lowest BCUT2D eigenvalue weighted by Gasteiger charge is -2.20. The van der Waals surface area contributed by atoms with Gasteiger partial charge in [0.05, 0.1) is 26.4 Å². The number of benzene rings is 3. The second-order valence-electron chi connectivity index (χ2n) is 22.4. The highest BCUT2D eigenvalue weighted by Gasteiger charge is 2.26. The lowest BCUT2D eigenvalue weighted by Crippen LogP contribution is -2.36. The topological polar surface area (TPSA) is 159 Å². The van der Waals surface area contributed by atoms with Crippen molar-refractivity contribution in [2.45, 2.75) is 252 Å².